The number of hydrogen-bond acceptors (Lipinski definition) is 1. The number of amidine groups is 1. The van der Waals surface area contributed by atoms with Gasteiger partial charge in [-0.25, -0.2) is 0 Å². The van der Waals surface area contributed by atoms with Gasteiger partial charge < -0.3 is 4.90 Å². The number of rotatable bonds is 2. The molecule has 2 aliphatic rings. The van der Waals surface area contributed by atoms with Crippen molar-refractivity contribution in [3.8, 4) is 0 Å². The Balaban J connectivity index is 2.20. The maximum atomic E-state index is 6.42. The Labute approximate surface area is 139 Å². The summed E-state index contributed by atoms with van der Waals surface area (Å²) < 4.78 is 0. The van der Waals surface area contributed by atoms with Crippen LogP contribution in [0.3, 0.4) is 0 Å². The van der Waals surface area contributed by atoms with Crippen LogP contribution in [0.5, 0.6) is 0 Å². The first-order valence-electron chi connectivity index (χ1n) is 9.59. The lowest BCUT2D eigenvalue weighted by molar-refractivity contribution is 0.134. The number of likely N-dealkylation sites (tertiary alicyclic amines) is 1. The third-order valence-corrected chi connectivity index (χ3v) is 5.33. The van der Waals surface area contributed by atoms with Crippen LogP contribution < -0.4 is 0 Å². The van der Waals surface area contributed by atoms with E-state index in [1.165, 1.54) is 57.2 Å². The van der Waals surface area contributed by atoms with Crippen molar-refractivity contribution >= 4 is 13.7 Å². The molecule has 1 aliphatic heterocycles. The zero-order valence-corrected chi connectivity index (χ0v) is 15.2. The third kappa shape index (κ3) is 4.76. The first kappa shape index (κ1) is 17.9. The number of fused-ring (bicyclic) bond motifs is 1. The number of piperidine rings is 1. The molecule has 1 heterocycles. The zero-order valence-electron chi connectivity index (χ0n) is 15.2. The quantitative estimate of drug-likeness (QED) is 0.657. The second-order valence-corrected chi connectivity index (χ2v) is 7.99. The van der Waals surface area contributed by atoms with Crippen LogP contribution in [0, 0.1) is 5.92 Å². The molecule has 3 heteroatoms. The van der Waals surface area contributed by atoms with E-state index in [9.17, 15) is 0 Å². The van der Waals surface area contributed by atoms with E-state index in [1.807, 2.05) is 0 Å². The van der Waals surface area contributed by atoms with Crippen LogP contribution in [-0.4, -0.2) is 36.7 Å². The first-order chi connectivity index (χ1) is 10.5. The fourth-order valence-electron chi connectivity index (χ4n) is 4.43. The Morgan fingerprint density at radius 3 is 2.32 bits per heavy atom. The molecule has 22 heavy (non-hydrogen) atoms. The molecule has 3 atom stereocenters. The van der Waals surface area contributed by atoms with Gasteiger partial charge >= 0.3 is 0 Å². The predicted octanol–water partition coefficient (Wildman–Crippen LogP) is 4.98. The molecule has 2 fully saturated rings. The van der Waals surface area contributed by atoms with Gasteiger partial charge in [-0.05, 0) is 46.5 Å². The lowest BCUT2D eigenvalue weighted by atomic mass is 9.70. The highest BCUT2D eigenvalue weighted by Gasteiger charge is 2.36. The Morgan fingerprint density at radius 1 is 1.00 bits per heavy atom. The summed E-state index contributed by atoms with van der Waals surface area (Å²) in [5, 5.41) is 0. The van der Waals surface area contributed by atoms with Gasteiger partial charge in [-0.2, -0.15) is 0 Å². The van der Waals surface area contributed by atoms with Crippen LogP contribution in [0.15, 0.2) is 4.99 Å². The molecule has 1 aliphatic carbocycles. The lowest BCUT2D eigenvalue weighted by Gasteiger charge is -2.47. The average molecular weight is 302 g/mol. The molecule has 3 unspecified atom stereocenters. The average Bonchev–Trinajstić information content (AvgIpc) is 2.43. The van der Waals surface area contributed by atoms with E-state index < -0.39 is 0 Å². The van der Waals surface area contributed by atoms with Gasteiger partial charge in [-0.15, -0.1) is 0 Å². The fourth-order valence-corrected chi connectivity index (χ4v) is 4.43. The standard InChI is InChI=1S/C19H35BN2/c1-14(2)21-19-12-11-16-13-17(20)9-7-5-6-8-10-18(16)22(19)15(3)4/h14-18H,5-13H2,1-4H3. The summed E-state index contributed by atoms with van der Waals surface area (Å²) in [7, 11) is 6.42. The fraction of sp³-hybridized carbons (Fsp3) is 0.947. The predicted molar refractivity (Wildman–Crippen MR) is 97.9 cm³/mol. The van der Waals surface area contributed by atoms with Crippen molar-refractivity contribution in [3.05, 3.63) is 0 Å². The van der Waals surface area contributed by atoms with E-state index in [2.05, 4.69) is 32.6 Å². The van der Waals surface area contributed by atoms with Gasteiger partial charge in [0.05, 0.1) is 13.7 Å². The van der Waals surface area contributed by atoms with Crippen LogP contribution in [0.4, 0.5) is 0 Å². The van der Waals surface area contributed by atoms with E-state index >= 15 is 0 Å². The Hall–Kier alpha value is -0.465. The molecule has 0 bridgehead atoms. The summed E-state index contributed by atoms with van der Waals surface area (Å²) in [5.41, 5.74) is 0. The highest BCUT2D eigenvalue weighted by atomic mass is 15.2. The molecule has 0 N–H and O–H groups in total. The molecular formula is C19H35BN2. The molecule has 2 rings (SSSR count). The summed E-state index contributed by atoms with van der Waals surface area (Å²) in [5.74, 6) is 2.53. The minimum absolute atomic E-state index is 0.398. The largest absolute Gasteiger partial charge is 0.355 e. The third-order valence-electron chi connectivity index (χ3n) is 5.33. The van der Waals surface area contributed by atoms with Gasteiger partial charge in [0.15, 0.2) is 0 Å². The minimum Gasteiger partial charge on any atom is -0.355 e. The molecule has 0 aromatic rings. The van der Waals surface area contributed by atoms with Crippen molar-refractivity contribution in [2.24, 2.45) is 10.9 Å². The topological polar surface area (TPSA) is 15.6 Å². The van der Waals surface area contributed by atoms with E-state index in [0.717, 1.165) is 12.3 Å². The summed E-state index contributed by atoms with van der Waals surface area (Å²) in [6.45, 7) is 9.05. The van der Waals surface area contributed by atoms with Gasteiger partial charge in [0.1, 0.15) is 0 Å². The Bertz CT molecular complexity index is 364. The molecular weight excluding hydrogens is 267 g/mol. The zero-order chi connectivity index (χ0) is 16.1. The van der Waals surface area contributed by atoms with Gasteiger partial charge in [-0.1, -0.05) is 44.3 Å². The van der Waals surface area contributed by atoms with Gasteiger partial charge in [0.2, 0.25) is 0 Å². The summed E-state index contributed by atoms with van der Waals surface area (Å²) in [6, 6.07) is 1.61. The SMILES string of the molecule is [B]C1CCCCCCC2C(CCC(=NC(C)C)N2C(C)C)C1. The number of aliphatic imine (C=N–C) groups is 1. The molecule has 1 saturated carbocycles. The van der Waals surface area contributed by atoms with E-state index in [4.69, 9.17) is 12.8 Å². The van der Waals surface area contributed by atoms with Crippen molar-refractivity contribution in [2.75, 3.05) is 0 Å². The summed E-state index contributed by atoms with van der Waals surface area (Å²) in [4.78, 5) is 7.61. The number of hydrogen-bond donors (Lipinski definition) is 0. The maximum Gasteiger partial charge on any atom is 0.0997 e. The van der Waals surface area contributed by atoms with Crippen LogP contribution in [0.25, 0.3) is 0 Å². The minimum atomic E-state index is 0.398. The van der Waals surface area contributed by atoms with Crippen molar-refractivity contribution in [3.63, 3.8) is 0 Å². The van der Waals surface area contributed by atoms with Gasteiger partial charge in [0, 0.05) is 24.5 Å². The van der Waals surface area contributed by atoms with Crippen molar-refractivity contribution < 1.29 is 0 Å². The lowest BCUT2D eigenvalue weighted by Crippen LogP contribution is -2.52. The van der Waals surface area contributed by atoms with Crippen molar-refractivity contribution in [1.82, 2.24) is 4.90 Å². The monoisotopic (exact) mass is 302 g/mol. The molecule has 124 valence electrons. The smallest absolute Gasteiger partial charge is 0.0997 e. The van der Waals surface area contributed by atoms with E-state index in [0.29, 0.717) is 23.9 Å². The molecule has 2 radical (unpaired) electrons. The Morgan fingerprint density at radius 2 is 1.68 bits per heavy atom. The molecule has 1 saturated heterocycles. The van der Waals surface area contributed by atoms with Gasteiger partial charge in [-0.3, -0.25) is 4.99 Å². The Kier molecular flexibility index (Phi) is 6.83. The molecule has 0 amide bonds. The second kappa shape index (κ2) is 8.40. The first-order valence-corrected chi connectivity index (χ1v) is 9.59. The van der Waals surface area contributed by atoms with Crippen molar-refractivity contribution in [2.45, 2.75) is 109 Å². The van der Waals surface area contributed by atoms with E-state index in [1.54, 1.807) is 0 Å². The summed E-state index contributed by atoms with van der Waals surface area (Å²) in [6.07, 6.45) is 11.6. The molecule has 2 nitrogen and oxygen atoms in total. The maximum absolute atomic E-state index is 6.42. The van der Waals surface area contributed by atoms with Gasteiger partial charge in [0.25, 0.3) is 0 Å². The van der Waals surface area contributed by atoms with Crippen LogP contribution in [0.1, 0.15) is 85.5 Å². The van der Waals surface area contributed by atoms with Crippen LogP contribution >= 0.6 is 0 Å². The summed E-state index contributed by atoms with van der Waals surface area (Å²) >= 11 is 0. The molecule has 0 spiro atoms. The molecule has 0 aromatic heterocycles. The number of nitrogens with zero attached hydrogens (tertiary/aromatic N) is 2. The van der Waals surface area contributed by atoms with Crippen LogP contribution in [0.2, 0.25) is 5.82 Å². The highest BCUT2D eigenvalue weighted by molar-refractivity contribution is 6.11. The van der Waals surface area contributed by atoms with Crippen molar-refractivity contribution in [1.29, 1.82) is 0 Å². The van der Waals surface area contributed by atoms with Crippen LogP contribution in [-0.2, 0) is 0 Å². The second-order valence-electron chi connectivity index (χ2n) is 7.99. The van der Waals surface area contributed by atoms with E-state index in [-0.39, 0.29) is 0 Å². The molecule has 0 aromatic carbocycles. The highest BCUT2D eigenvalue weighted by Crippen LogP contribution is 2.37. The normalized spacial score (nSPS) is 33.3.